The maximum Gasteiger partial charge on any atom is 0.160 e. The molecule has 0 radical (unpaired) electrons. The molecule has 0 saturated carbocycles. The lowest BCUT2D eigenvalue weighted by molar-refractivity contribution is 0.756. The Morgan fingerprint density at radius 1 is 1.29 bits per heavy atom. The largest absolute Gasteiger partial charge is 0.307 e. The zero-order chi connectivity index (χ0) is 14.8. The van der Waals surface area contributed by atoms with Gasteiger partial charge in [0.1, 0.15) is 11.3 Å². The van der Waals surface area contributed by atoms with Crippen molar-refractivity contribution in [2.24, 2.45) is 0 Å². The predicted molar refractivity (Wildman–Crippen MR) is 89.5 cm³/mol. The summed E-state index contributed by atoms with van der Waals surface area (Å²) < 4.78 is 2.20. The van der Waals surface area contributed by atoms with Crippen LogP contribution in [0.15, 0.2) is 24.4 Å². The molecule has 110 valence electrons. The molecule has 3 aromatic heterocycles. The van der Waals surface area contributed by atoms with Crippen LogP contribution in [-0.4, -0.2) is 20.4 Å². The summed E-state index contributed by atoms with van der Waals surface area (Å²) in [7, 11) is 0. The van der Waals surface area contributed by atoms with Gasteiger partial charge in [0.05, 0.1) is 6.54 Å². The lowest BCUT2D eigenvalue weighted by Crippen LogP contribution is -2.05. The average molecular weight is 320 g/mol. The van der Waals surface area contributed by atoms with E-state index in [9.17, 15) is 0 Å². The van der Waals surface area contributed by atoms with Crippen LogP contribution in [0.4, 0.5) is 0 Å². The van der Waals surface area contributed by atoms with Crippen molar-refractivity contribution in [3.63, 3.8) is 0 Å². The Labute approximate surface area is 133 Å². The highest BCUT2D eigenvalue weighted by Gasteiger charge is 2.13. The lowest BCUT2D eigenvalue weighted by atomic mass is 10.3. The van der Waals surface area contributed by atoms with Gasteiger partial charge < -0.3 is 4.57 Å². The molecule has 0 aliphatic rings. The van der Waals surface area contributed by atoms with Crippen LogP contribution < -0.4 is 0 Å². The number of aromatic nitrogens is 3. The van der Waals surface area contributed by atoms with Gasteiger partial charge in [0.2, 0.25) is 0 Å². The van der Waals surface area contributed by atoms with Crippen molar-refractivity contribution < 1.29 is 0 Å². The second-order valence-electron chi connectivity index (χ2n) is 5.13. The van der Waals surface area contributed by atoms with E-state index in [0.717, 1.165) is 41.9 Å². The van der Waals surface area contributed by atoms with Crippen LogP contribution in [-0.2, 0) is 19.4 Å². The molecular weight excluding hydrogens is 302 g/mol. The van der Waals surface area contributed by atoms with E-state index in [1.54, 1.807) is 0 Å². The zero-order valence-electron chi connectivity index (χ0n) is 12.3. The number of fused-ring (bicyclic) bond motifs is 1. The summed E-state index contributed by atoms with van der Waals surface area (Å²) in [6.07, 6.45) is 3.75. The number of imidazole rings is 1. The Morgan fingerprint density at radius 3 is 2.81 bits per heavy atom. The van der Waals surface area contributed by atoms with Crippen LogP contribution in [0, 0.1) is 6.92 Å². The van der Waals surface area contributed by atoms with Gasteiger partial charge in [-0.3, -0.25) is 0 Å². The van der Waals surface area contributed by atoms with E-state index in [2.05, 4.69) is 34.7 Å². The molecule has 0 aliphatic carbocycles. The molecule has 0 N–H and O–H groups in total. The third-order valence-corrected chi connectivity index (χ3v) is 4.90. The van der Waals surface area contributed by atoms with Crippen LogP contribution >= 0.6 is 22.9 Å². The first kappa shape index (κ1) is 14.5. The highest BCUT2D eigenvalue weighted by atomic mass is 35.5. The first-order valence-corrected chi connectivity index (χ1v) is 8.51. The topological polar surface area (TPSA) is 30.7 Å². The van der Waals surface area contributed by atoms with Gasteiger partial charge in [0, 0.05) is 28.3 Å². The molecule has 0 atom stereocenters. The number of nitrogens with zero attached hydrogens (tertiary/aromatic N) is 3. The standard InChI is InChI=1S/C16H18ClN3S/c1-3-12-4-5-13(21-12)10-20-15(6-7-17)19-14-8-11(2)9-18-16(14)20/h4-5,8-9H,3,6-7,10H2,1-2H3. The van der Waals surface area contributed by atoms with Gasteiger partial charge in [0.25, 0.3) is 0 Å². The molecule has 3 heterocycles. The summed E-state index contributed by atoms with van der Waals surface area (Å²) in [4.78, 5) is 12.0. The molecule has 3 rings (SSSR count). The fourth-order valence-electron chi connectivity index (χ4n) is 2.45. The van der Waals surface area contributed by atoms with Crippen LogP contribution in [0.2, 0.25) is 0 Å². The second kappa shape index (κ2) is 6.16. The fraction of sp³-hybridized carbons (Fsp3) is 0.375. The summed E-state index contributed by atoms with van der Waals surface area (Å²) in [5, 5.41) is 0. The highest BCUT2D eigenvalue weighted by molar-refractivity contribution is 7.11. The molecule has 0 spiro atoms. The summed E-state index contributed by atoms with van der Waals surface area (Å²) in [5.41, 5.74) is 3.04. The maximum atomic E-state index is 5.93. The van der Waals surface area contributed by atoms with Crippen molar-refractivity contribution in [1.29, 1.82) is 0 Å². The number of pyridine rings is 1. The fourth-order valence-corrected chi connectivity index (χ4v) is 3.57. The Bertz CT molecular complexity index is 760. The van der Waals surface area contributed by atoms with Crippen molar-refractivity contribution in [2.75, 3.05) is 5.88 Å². The van der Waals surface area contributed by atoms with Gasteiger partial charge in [-0.25, -0.2) is 9.97 Å². The van der Waals surface area contributed by atoms with Crippen molar-refractivity contribution in [2.45, 2.75) is 33.2 Å². The molecule has 21 heavy (non-hydrogen) atoms. The lowest BCUT2D eigenvalue weighted by Gasteiger charge is -2.06. The molecule has 0 aromatic carbocycles. The van der Waals surface area contributed by atoms with Crippen molar-refractivity contribution in [3.05, 3.63) is 45.5 Å². The van der Waals surface area contributed by atoms with Gasteiger partial charge in [-0.1, -0.05) is 6.92 Å². The second-order valence-corrected chi connectivity index (χ2v) is 6.76. The van der Waals surface area contributed by atoms with Gasteiger partial charge in [-0.15, -0.1) is 22.9 Å². The summed E-state index contributed by atoms with van der Waals surface area (Å²) in [6, 6.07) is 6.49. The van der Waals surface area contributed by atoms with Crippen LogP contribution in [0.5, 0.6) is 0 Å². The first-order chi connectivity index (χ1) is 10.2. The minimum atomic E-state index is 0.576. The third kappa shape index (κ3) is 2.97. The normalized spacial score (nSPS) is 11.4. The molecule has 3 aromatic rings. The van der Waals surface area contributed by atoms with E-state index < -0.39 is 0 Å². The Hall–Kier alpha value is -1.39. The highest BCUT2D eigenvalue weighted by Crippen LogP contribution is 2.22. The van der Waals surface area contributed by atoms with E-state index in [0.29, 0.717) is 5.88 Å². The Morgan fingerprint density at radius 2 is 2.10 bits per heavy atom. The zero-order valence-corrected chi connectivity index (χ0v) is 13.8. The molecule has 0 saturated heterocycles. The summed E-state index contributed by atoms with van der Waals surface area (Å²) in [5.74, 6) is 1.59. The minimum absolute atomic E-state index is 0.576. The quantitative estimate of drug-likeness (QED) is 0.660. The molecule has 0 amide bonds. The predicted octanol–water partition coefficient (Wildman–Crippen LogP) is 4.19. The SMILES string of the molecule is CCc1ccc(Cn2c(CCCl)nc3cc(C)cnc32)s1. The third-order valence-electron chi connectivity index (χ3n) is 3.50. The van der Waals surface area contributed by atoms with E-state index >= 15 is 0 Å². The number of rotatable bonds is 5. The van der Waals surface area contributed by atoms with Gasteiger partial charge in [0.15, 0.2) is 5.65 Å². The van der Waals surface area contributed by atoms with Crippen LogP contribution in [0.25, 0.3) is 11.2 Å². The average Bonchev–Trinajstić information content (AvgIpc) is 3.05. The Balaban J connectivity index is 2.03. The number of hydrogen-bond donors (Lipinski definition) is 0. The molecule has 3 nitrogen and oxygen atoms in total. The number of alkyl halides is 1. The summed E-state index contributed by atoms with van der Waals surface area (Å²) >= 11 is 7.79. The van der Waals surface area contributed by atoms with Crippen molar-refractivity contribution in [3.8, 4) is 0 Å². The van der Waals surface area contributed by atoms with Crippen LogP contribution in [0.1, 0.15) is 28.1 Å². The number of hydrogen-bond acceptors (Lipinski definition) is 3. The summed E-state index contributed by atoms with van der Waals surface area (Å²) in [6.45, 7) is 5.05. The first-order valence-electron chi connectivity index (χ1n) is 7.16. The molecular formula is C16H18ClN3S. The molecule has 0 aliphatic heterocycles. The van der Waals surface area contributed by atoms with Crippen LogP contribution in [0.3, 0.4) is 0 Å². The van der Waals surface area contributed by atoms with E-state index in [4.69, 9.17) is 16.6 Å². The molecule has 5 heteroatoms. The van der Waals surface area contributed by atoms with Gasteiger partial charge in [-0.2, -0.15) is 0 Å². The molecule has 0 fully saturated rings. The number of halogens is 1. The monoisotopic (exact) mass is 319 g/mol. The Kier molecular flexibility index (Phi) is 4.27. The minimum Gasteiger partial charge on any atom is -0.307 e. The number of aryl methyl sites for hydroxylation is 3. The maximum absolute atomic E-state index is 5.93. The van der Waals surface area contributed by atoms with E-state index in [1.165, 1.54) is 9.75 Å². The van der Waals surface area contributed by atoms with E-state index in [-0.39, 0.29) is 0 Å². The smallest absolute Gasteiger partial charge is 0.160 e. The number of thiophene rings is 1. The van der Waals surface area contributed by atoms with Crippen molar-refractivity contribution >= 4 is 34.1 Å². The van der Waals surface area contributed by atoms with Gasteiger partial charge >= 0.3 is 0 Å². The van der Waals surface area contributed by atoms with Crippen molar-refractivity contribution in [1.82, 2.24) is 14.5 Å². The van der Waals surface area contributed by atoms with Gasteiger partial charge in [-0.05, 0) is 37.1 Å². The molecule has 0 bridgehead atoms. The van der Waals surface area contributed by atoms with E-state index in [1.807, 2.05) is 24.5 Å². The molecule has 0 unspecified atom stereocenters.